The summed E-state index contributed by atoms with van der Waals surface area (Å²) in [5.74, 6) is 0.763. The Morgan fingerprint density at radius 1 is 1.10 bits per heavy atom. The van der Waals surface area contributed by atoms with Gasteiger partial charge in [0.2, 0.25) is 11.8 Å². The lowest BCUT2D eigenvalue weighted by atomic mass is 10.2. The molecule has 3 aromatic rings. The number of aromatic nitrogens is 2. The van der Waals surface area contributed by atoms with Crippen molar-refractivity contribution in [2.45, 2.75) is 12.5 Å². The van der Waals surface area contributed by atoms with Crippen molar-refractivity contribution in [1.82, 2.24) is 15.3 Å². The molecule has 0 saturated carbocycles. The molecule has 0 saturated heterocycles. The Labute approximate surface area is 182 Å². The zero-order valence-electron chi connectivity index (χ0n) is 16.5. The molecule has 1 atom stereocenters. The first kappa shape index (κ1) is 22.2. The molecule has 1 heterocycles. The molecule has 2 amide bonds. The Morgan fingerprint density at radius 2 is 1.83 bits per heavy atom. The van der Waals surface area contributed by atoms with Crippen molar-refractivity contribution in [3.63, 3.8) is 0 Å². The van der Waals surface area contributed by atoms with Crippen LogP contribution in [0.3, 0.4) is 0 Å². The van der Waals surface area contributed by atoms with Crippen LogP contribution in [0.25, 0.3) is 11.0 Å². The molecule has 0 fully saturated rings. The summed E-state index contributed by atoms with van der Waals surface area (Å²) in [5.41, 5.74) is 1.92. The lowest BCUT2D eigenvalue weighted by Gasteiger charge is -2.16. The molecule has 1 aromatic heterocycles. The molecule has 0 aliphatic rings. The molecule has 0 radical (unpaired) electrons. The number of benzene rings is 2. The average Bonchev–Trinajstić information content (AvgIpc) is 3.17. The van der Waals surface area contributed by atoms with Crippen molar-refractivity contribution >= 4 is 52.1 Å². The van der Waals surface area contributed by atoms with Crippen molar-refractivity contribution < 1.29 is 14.0 Å². The second-order valence-electron chi connectivity index (χ2n) is 6.56. The molecule has 0 spiro atoms. The number of nitrogens with zero attached hydrogens (tertiary/aromatic N) is 1. The number of carbonyl (C=O) groups is 2. The van der Waals surface area contributed by atoms with Crippen LogP contribution in [-0.4, -0.2) is 45.3 Å². The van der Waals surface area contributed by atoms with Gasteiger partial charge in [-0.25, -0.2) is 9.37 Å². The van der Waals surface area contributed by atoms with Crippen molar-refractivity contribution in [2.24, 2.45) is 0 Å². The molecule has 9 heteroatoms. The molecule has 0 bridgehead atoms. The third-order valence-electron chi connectivity index (χ3n) is 4.30. The summed E-state index contributed by atoms with van der Waals surface area (Å²) in [5, 5.41) is 5.51. The van der Waals surface area contributed by atoms with Crippen molar-refractivity contribution in [1.29, 1.82) is 0 Å². The Balaban J connectivity index is 1.51. The number of aromatic amines is 1. The summed E-state index contributed by atoms with van der Waals surface area (Å²) >= 11 is 2.88. The summed E-state index contributed by atoms with van der Waals surface area (Å²) < 4.78 is 13.6. The number of H-pyrrole nitrogens is 1. The lowest BCUT2D eigenvalue weighted by Crippen LogP contribution is -2.31. The van der Waals surface area contributed by atoms with Gasteiger partial charge in [0.25, 0.3) is 0 Å². The first-order valence-corrected chi connectivity index (χ1v) is 12.0. The van der Waals surface area contributed by atoms with E-state index < -0.39 is 5.82 Å². The highest BCUT2D eigenvalue weighted by Gasteiger charge is 2.18. The number of fused-ring (bicyclic) bond motifs is 1. The number of anilines is 1. The molecular weight excluding hydrogens is 423 g/mol. The minimum atomic E-state index is -0.490. The van der Waals surface area contributed by atoms with Gasteiger partial charge in [0, 0.05) is 0 Å². The van der Waals surface area contributed by atoms with Gasteiger partial charge >= 0.3 is 0 Å². The average molecular weight is 447 g/mol. The number of halogens is 1. The van der Waals surface area contributed by atoms with Gasteiger partial charge in [-0.3, -0.25) is 9.59 Å². The fourth-order valence-electron chi connectivity index (χ4n) is 2.87. The van der Waals surface area contributed by atoms with Crippen LogP contribution in [0.5, 0.6) is 0 Å². The van der Waals surface area contributed by atoms with E-state index in [0.29, 0.717) is 0 Å². The summed E-state index contributed by atoms with van der Waals surface area (Å²) in [6, 6.07) is 13.5. The van der Waals surface area contributed by atoms with E-state index in [1.807, 2.05) is 30.5 Å². The van der Waals surface area contributed by atoms with Gasteiger partial charge in [-0.2, -0.15) is 11.8 Å². The van der Waals surface area contributed by atoms with E-state index in [9.17, 15) is 14.0 Å². The number of carbonyl (C=O) groups excluding carboxylic acids is 2. The minimum Gasteiger partial charge on any atom is -0.345 e. The fraction of sp³-hybridized carbons (Fsp3) is 0.286. The van der Waals surface area contributed by atoms with Crippen LogP contribution in [0.2, 0.25) is 0 Å². The molecule has 0 unspecified atom stereocenters. The van der Waals surface area contributed by atoms with Gasteiger partial charge < -0.3 is 15.6 Å². The van der Waals surface area contributed by atoms with Gasteiger partial charge in [-0.1, -0.05) is 24.3 Å². The van der Waals surface area contributed by atoms with Gasteiger partial charge in [-0.15, -0.1) is 11.8 Å². The van der Waals surface area contributed by atoms with Crippen molar-refractivity contribution in [3.8, 4) is 0 Å². The predicted molar refractivity (Wildman–Crippen MR) is 122 cm³/mol. The Kier molecular flexibility index (Phi) is 8.15. The van der Waals surface area contributed by atoms with Gasteiger partial charge in [0.05, 0.1) is 34.3 Å². The fourth-order valence-corrected chi connectivity index (χ4v) is 3.97. The molecular formula is C21H23FN4O2S2. The highest BCUT2D eigenvalue weighted by molar-refractivity contribution is 8.00. The molecule has 0 aliphatic carbocycles. The van der Waals surface area contributed by atoms with E-state index >= 15 is 0 Å². The number of hydrogen-bond donors (Lipinski definition) is 3. The van der Waals surface area contributed by atoms with Crippen LogP contribution >= 0.6 is 23.5 Å². The van der Waals surface area contributed by atoms with E-state index in [-0.39, 0.29) is 35.0 Å². The first-order chi connectivity index (χ1) is 14.6. The van der Waals surface area contributed by atoms with Crippen molar-refractivity contribution in [2.75, 3.05) is 28.8 Å². The number of thioether (sulfide) groups is 2. The van der Waals surface area contributed by atoms with Crippen LogP contribution in [0.1, 0.15) is 18.3 Å². The zero-order valence-corrected chi connectivity index (χ0v) is 18.1. The second-order valence-corrected chi connectivity index (χ2v) is 8.53. The Morgan fingerprint density at radius 3 is 2.60 bits per heavy atom. The van der Waals surface area contributed by atoms with Crippen LogP contribution in [-0.2, 0) is 9.59 Å². The Hall–Kier alpha value is -2.52. The quantitative estimate of drug-likeness (QED) is 0.438. The van der Waals surface area contributed by atoms with Crippen LogP contribution in [0.15, 0.2) is 48.5 Å². The molecule has 3 rings (SSSR count). The monoisotopic (exact) mass is 446 g/mol. The normalized spacial score (nSPS) is 11.9. The van der Waals surface area contributed by atoms with Crippen LogP contribution in [0.4, 0.5) is 10.1 Å². The smallest absolute Gasteiger partial charge is 0.234 e. The van der Waals surface area contributed by atoms with Crippen molar-refractivity contribution in [3.05, 3.63) is 60.2 Å². The maximum Gasteiger partial charge on any atom is 0.234 e. The van der Waals surface area contributed by atoms with Gasteiger partial charge in [0.15, 0.2) is 0 Å². The number of rotatable bonds is 10. The van der Waals surface area contributed by atoms with E-state index in [1.54, 1.807) is 23.9 Å². The molecule has 3 N–H and O–H groups in total. The summed E-state index contributed by atoms with van der Waals surface area (Å²) in [4.78, 5) is 32.3. The van der Waals surface area contributed by atoms with Gasteiger partial charge in [0.1, 0.15) is 11.6 Å². The van der Waals surface area contributed by atoms with E-state index in [0.717, 1.165) is 29.0 Å². The second kappa shape index (κ2) is 11.0. The van der Waals surface area contributed by atoms with Gasteiger partial charge in [-0.05, 0) is 42.7 Å². The minimum absolute atomic E-state index is 0.0574. The molecule has 30 heavy (non-hydrogen) atoms. The first-order valence-electron chi connectivity index (χ1n) is 9.42. The summed E-state index contributed by atoms with van der Waals surface area (Å²) in [7, 11) is 0. The topological polar surface area (TPSA) is 86.9 Å². The standard InChI is InChI=1S/C21H23FN4O2S2/c1-29-11-10-18(21-25-16-8-4-5-9-17(16)26-21)24-20(28)13-30-12-19(27)23-15-7-3-2-6-14(15)22/h2-9,18H,10-13H2,1H3,(H,23,27)(H,24,28)(H,25,26)/t18-/m0/s1. The zero-order chi connectivity index (χ0) is 21.3. The van der Waals surface area contributed by atoms with Crippen LogP contribution in [0, 0.1) is 5.82 Å². The molecule has 6 nitrogen and oxygen atoms in total. The number of nitrogens with one attached hydrogen (secondary N) is 3. The number of imidazole rings is 1. The maximum absolute atomic E-state index is 13.6. The highest BCUT2D eigenvalue weighted by atomic mass is 32.2. The highest BCUT2D eigenvalue weighted by Crippen LogP contribution is 2.20. The maximum atomic E-state index is 13.6. The van der Waals surface area contributed by atoms with E-state index in [4.69, 9.17) is 0 Å². The largest absolute Gasteiger partial charge is 0.345 e. The van der Waals surface area contributed by atoms with E-state index in [2.05, 4.69) is 20.6 Å². The molecule has 0 aliphatic heterocycles. The number of amides is 2. The third kappa shape index (κ3) is 6.24. The number of para-hydroxylation sites is 3. The van der Waals surface area contributed by atoms with Crippen LogP contribution < -0.4 is 10.6 Å². The third-order valence-corrected chi connectivity index (χ3v) is 5.87. The number of hydrogen-bond acceptors (Lipinski definition) is 5. The SMILES string of the molecule is CSCC[C@H](NC(=O)CSCC(=O)Nc1ccccc1F)c1nc2ccccc2[nH]1. The van der Waals surface area contributed by atoms with E-state index in [1.165, 1.54) is 23.9 Å². The summed E-state index contributed by atoms with van der Waals surface area (Å²) in [6.07, 6.45) is 2.76. The molecule has 158 valence electrons. The predicted octanol–water partition coefficient (Wildman–Crippen LogP) is 3.98. The Bertz CT molecular complexity index is 978. The lowest BCUT2D eigenvalue weighted by molar-refractivity contribution is -0.119. The summed E-state index contributed by atoms with van der Waals surface area (Å²) in [6.45, 7) is 0. The molecule has 2 aromatic carbocycles.